The minimum Gasteiger partial charge on any atom is -0.458 e. The zero-order valence-electron chi connectivity index (χ0n) is 21.7. The fourth-order valence-electron chi connectivity index (χ4n) is 6.12. The summed E-state index contributed by atoms with van der Waals surface area (Å²) in [5, 5.41) is 0. The number of imidazole rings is 1. The lowest BCUT2D eigenvalue weighted by molar-refractivity contribution is -0.691. The molecule has 2 atom stereocenters. The van der Waals surface area contributed by atoms with Gasteiger partial charge in [-0.05, 0) is 41.9 Å². The Balaban J connectivity index is 1.36. The zero-order valence-corrected chi connectivity index (χ0v) is 21.7. The SMILES string of the molecule is Cc1n(C2CCC(C(C(N)=O)(c3ccccc3)c3ccccc3)C2)cc[n+]1CC(=O)OCc1ccccc1. The van der Waals surface area contributed by atoms with Crippen molar-refractivity contribution in [3.63, 3.8) is 0 Å². The summed E-state index contributed by atoms with van der Waals surface area (Å²) in [6.07, 6.45) is 6.56. The maximum atomic E-state index is 13.4. The number of primary amides is 1. The van der Waals surface area contributed by atoms with Crippen LogP contribution in [0, 0.1) is 12.8 Å². The van der Waals surface area contributed by atoms with Gasteiger partial charge in [-0.25, -0.2) is 13.9 Å². The molecule has 6 nitrogen and oxygen atoms in total. The quantitative estimate of drug-likeness (QED) is 0.264. The lowest BCUT2D eigenvalue weighted by Gasteiger charge is -2.37. The van der Waals surface area contributed by atoms with E-state index >= 15 is 0 Å². The molecule has 0 aliphatic heterocycles. The zero-order chi connectivity index (χ0) is 26.5. The highest BCUT2D eigenvalue weighted by atomic mass is 16.5. The number of ether oxygens (including phenoxy) is 1. The number of carbonyl (C=O) groups excluding carboxylic acids is 2. The first-order valence-corrected chi connectivity index (χ1v) is 13.2. The molecule has 1 heterocycles. The van der Waals surface area contributed by atoms with E-state index in [4.69, 9.17) is 10.5 Å². The predicted molar refractivity (Wildman–Crippen MR) is 145 cm³/mol. The fourth-order valence-corrected chi connectivity index (χ4v) is 6.12. The number of aromatic nitrogens is 2. The van der Waals surface area contributed by atoms with Crippen molar-refractivity contribution < 1.29 is 18.9 Å². The predicted octanol–water partition coefficient (Wildman–Crippen LogP) is 4.64. The Bertz CT molecular complexity index is 1340. The molecule has 38 heavy (non-hydrogen) atoms. The smallest absolute Gasteiger partial charge is 0.348 e. The van der Waals surface area contributed by atoms with E-state index in [1.807, 2.05) is 115 Å². The first kappa shape index (κ1) is 25.5. The third kappa shape index (κ3) is 4.86. The maximum Gasteiger partial charge on any atom is 0.348 e. The molecule has 0 saturated heterocycles. The number of amides is 1. The largest absolute Gasteiger partial charge is 0.458 e. The molecule has 0 bridgehead atoms. The number of nitrogens with zero attached hydrogens (tertiary/aromatic N) is 2. The Hall–Kier alpha value is -4.19. The topological polar surface area (TPSA) is 78.2 Å². The number of carbonyl (C=O) groups is 2. The molecule has 3 aromatic carbocycles. The van der Waals surface area contributed by atoms with Crippen LogP contribution in [0.1, 0.15) is 47.8 Å². The molecular formula is C32H34N3O3+. The van der Waals surface area contributed by atoms with Crippen LogP contribution in [0.3, 0.4) is 0 Å². The molecule has 2 unspecified atom stereocenters. The van der Waals surface area contributed by atoms with Gasteiger partial charge in [-0.2, -0.15) is 0 Å². The molecule has 194 valence electrons. The van der Waals surface area contributed by atoms with Crippen molar-refractivity contribution in [3.05, 3.63) is 126 Å². The van der Waals surface area contributed by atoms with Crippen molar-refractivity contribution in [2.75, 3.05) is 0 Å². The number of hydrogen-bond donors (Lipinski definition) is 1. The van der Waals surface area contributed by atoms with E-state index in [0.717, 1.165) is 41.8 Å². The first-order chi connectivity index (χ1) is 18.5. The number of benzene rings is 3. The van der Waals surface area contributed by atoms with Crippen molar-refractivity contribution in [2.45, 2.75) is 50.8 Å². The highest BCUT2D eigenvalue weighted by molar-refractivity contribution is 5.91. The minimum absolute atomic E-state index is 0.0425. The second kappa shape index (κ2) is 11.1. The van der Waals surface area contributed by atoms with Gasteiger partial charge in [-0.15, -0.1) is 0 Å². The number of rotatable bonds is 9. The number of esters is 1. The molecule has 5 rings (SSSR count). The summed E-state index contributed by atoms with van der Waals surface area (Å²) in [5.41, 5.74) is 8.19. The van der Waals surface area contributed by atoms with Crippen molar-refractivity contribution in [3.8, 4) is 0 Å². The van der Waals surface area contributed by atoms with Crippen LogP contribution in [0.2, 0.25) is 0 Å². The second-order valence-electron chi connectivity index (χ2n) is 10.1. The number of hydrogen-bond acceptors (Lipinski definition) is 3. The molecule has 1 aliphatic carbocycles. The van der Waals surface area contributed by atoms with E-state index in [0.29, 0.717) is 0 Å². The average molecular weight is 509 g/mol. The summed E-state index contributed by atoms with van der Waals surface area (Å²) in [7, 11) is 0. The normalized spacial score (nSPS) is 17.3. The van der Waals surface area contributed by atoms with E-state index < -0.39 is 5.41 Å². The van der Waals surface area contributed by atoms with Crippen molar-refractivity contribution in [1.82, 2.24) is 4.57 Å². The molecule has 1 aromatic heterocycles. The van der Waals surface area contributed by atoms with Gasteiger partial charge < -0.3 is 10.5 Å². The van der Waals surface area contributed by atoms with E-state index in [9.17, 15) is 9.59 Å². The lowest BCUT2D eigenvalue weighted by Crippen LogP contribution is -2.47. The third-order valence-electron chi connectivity index (χ3n) is 8.00. The number of nitrogens with two attached hydrogens (primary N) is 1. The van der Waals surface area contributed by atoms with Gasteiger partial charge in [0.2, 0.25) is 5.91 Å². The molecule has 0 spiro atoms. The minimum atomic E-state index is -0.907. The third-order valence-corrected chi connectivity index (χ3v) is 8.00. The maximum absolute atomic E-state index is 13.4. The van der Waals surface area contributed by atoms with E-state index in [1.165, 1.54) is 0 Å². The summed E-state index contributed by atoms with van der Waals surface area (Å²) in [6.45, 7) is 2.44. The van der Waals surface area contributed by atoms with Gasteiger partial charge >= 0.3 is 5.97 Å². The van der Waals surface area contributed by atoms with Crippen LogP contribution in [0.15, 0.2) is 103 Å². The van der Waals surface area contributed by atoms with E-state index in [1.54, 1.807) is 0 Å². The molecule has 1 saturated carbocycles. The summed E-state index contributed by atoms with van der Waals surface area (Å²) < 4.78 is 9.64. The Morgan fingerprint density at radius 1 is 0.921 bits per heavy atom. The Morgan fingerprint density at radius 2 is 1.50 bits per heavy atom. The highest BCUT2D eigenvalue weighted by Gasteiger charge is 2.51. The highest BCUT2D eigenvalue weighted by Crippen LogP contribution is 2.49. The summed E-state index contributed by atoms with van der Waals surface area (Å²) >= 11 is 0. The fraction of sp³-hybridized carbons (Fsp3) is 0.281. The van der Waals surface area contributed by atoms with Gasteiger partial charge in [0.15, 0.2) is 6.54 Å². The standard InChI is InChI=1S/C32H33N3O3/c1-24-34(22-30(36)38-23-25-11-5-2-6-12-25)19-20-35(24)29-18-17-28(21-29)32(31(33)37,26-13-7-3-8-14-26)27-15-9-4-10-16-27/h2-16,19-20,28-29H,17-18,21-23H2,1H3,(H-,33,37)/p+1. The van der Waals surface area contributed by atoms with Gasteiger partial charge in [0.25, 0.3) is 5.82 Å². The van der Waals surface area contributed by atoms with Gasteiger partial charge in [-0.1, -0.05) is 91.0 Å². The van der Waals surface area contributed by atoms with Gasteiger partial charge in [0.1, 0.15) is 30.5 Å². The Labute approximate surface area is 223 Å². The Morgan fingerprint density at radius 3 is 2.08 bits per heavy atom. The van der Waals surface area contributed by atoms with E-state index in [-0.39, 0.29) is 37.0 Å². The van der Waals surface area contributed by atoms with Gasteiger partial charge in [0, 0.05) is 6.92 Å². The average Bonchev–Trinajstić information content (AvgIpc) is 3.57. The van der Waals surface area contributed by atoms with Crippen molar-refractivity contribution in [1.29, 1.82) is 0 Å². The molecule has 1 aliphatic rings. The van der Waals surface area contributed by atoms with Crippen LogP contribution in [0.25, 0.3) is 0 Å². The summed E-state index contributed by atoms with van der Waals surface area (Å²) in [5.74, 6) is 0.434. The van der Waals surface area contributed by atoms with Crippen LogP contribution in [0.5, 0.6) is 0 Å². The summed E-state index contributed by atoms with van der Waals surface area (Å²) in [4.78, 5) is 25.9. The molecule has 6 heteroatoms. The lowest BCUT2D eigenvalue weighted by atomic mass is 9.64. The van der Waals surface area contributed by atoms with Crippen molar-refractivity contribution in [2.24, 2.45) is 11.7 Å². The van der Waals surface area contributed by atoms with Crippen LogP contribution in [-0.2, 0) is 32.9 Å². The van der Waals surface area contributed by atoms with E-state index in [2.05, 4.69) is 4.57 Å². The summed E-state index contributed by atoms with van der Waals surface area (Å²) in [6, 6.07) is 29.7. The molecule has 1 amide bonds. The second-order valence-corrected chi connectivity index (χ2v) is 10.1. The van der Waals surface area contributed by atoms with Crippen LogP contribution < -0.4 is 10.3 Å². The molecule has 2 N–H and O–H groups in total. The van der Waals surface area contributed by atoms with Gasteiger partial charge in [0.05, 0.1) is 0 Å². The molecule has 4 aromatic rings. The molecule has 0 radical (unpaired) electrons. The first-order valence-electron chi connectivity index (χ1n) is 13.2. The van der Waals surface area contributed by atoms with Crippen LogP contribution >= 0.6 is 0 Å². The van der Waals surface area contributed by atoms with Crippen molar-refractivity contribution >= 4 is 11.9 Å². The Kier molecular flexibility index (Phi) is 7.40. The van der Waals surface area contributed by atoms with Gasteiger partial charge in [-0.3, -0.25) is 4.79 Å². The monoisotopic (exact) mass is 508 g/mol. The van der Waals surface area contributed by atoms with Crippen LogP contribution in [0.4, 0.5) is 0 Å². The molecule has 1 fully saturated rings. The molecular weight excluding hydrogens is 474 g/mol. The van der Waals surface area contributed by atoms with Crippen LogP contribution in [-0.4, -0.2) is 16.4 Å².